The normalized spacial score (nSPS) is 38.8. The van der Waals surface area contributed by atoms with Crippen LogP contribution in [0.2, 0.25) is 0 Å². The molecular formula is C9H18N2O. The first-order valence-electron chi connectivity index (χ1n) is 5.01. The van der Waals surface area contributed by atoms with Crippen LogP contribution in [0.1, 0.15) is 19.3 Å². The Balaban J connectivity index is 1.89. The summed E-state index contributed by atoms with van der Waals surface area (Å²) in [7, 11) is 0. The van der Waals surface area contributed by atoms with E-state index in [1.807, 2.05) is 0 Å². The van der Waals surface area contributed by atoms with E-state index in [4.69, 9.17) is 0 Å². The molecule has 0 aromatic rings. The summed E-state index contributed by atoms with van der Waals surface area (Å²) in [5, 5.41) is 12.9. The molecule has 0 amide bonds. The van der Waals surface area contributed by atoms with Crippen molar-refractivity contribution in [3.63, 3.8) is 0 Å². The average molecular weight is 170 g/mol. The SMILES string of the molecule is O[C@H]1CNCC1N1CCCCC1. The Hall–Kier alpha value is -0.120. The van der Waals surface area contributed by atoms with Gasteiger partial charge in [0.05, 0.1) is 6.10 Å². The summed E-state index contributed by atoms with van der Waals surface area (Å²) in [6.07, 6.45) is 3.85. The lowest BCUT2D eigenvalue weighted by atomic mass is 10.1. The van der Waals surface area contributed by atoms with Crippen LogP contribution in [0.3, 0.4) is 0 Å². The molecule has 1 unspecified atom stereocenters. The monoisotopic (exact) mass is 170 g/mol. The molecule has 0 aromatic carbocycles. The van der Waals surface area contributed by atoms with Crippen molar-refractivity contribution >= 4 is 0 Å². The first-order valence-corrected chi connectivity index (χ1v) is 5.01. The number of hydrogen-bond donors (Lipinski definition) is 2. The smallest absolute Gasteiger partial charge is 0.0831 e. The lowest BCUT2D eigenvalue weighted by Gasteiger charge is -2.33. The lowest BCUT2D eigenvalue weighted by molar-refractivity contribution is 0.0706. The molecule has 2 aliphatic heterocycles. The Bertz CT molecular complexity index is 145. The van der Waals surface area contributed by atoms with Crippen LogP contribution in [0.5, 0.6) is 0 Å². The van der Waals surface area contributed by atoms with Gasteiger partial charge >= 0.3 is 0 Å². The minimum absolute atomic E-state index is 0.136. The van der Waals surface area contributed by atoms with Crippen LogP contribution in [-0.2, 0) is 0 Å². The average Bonchev–Trinajstić information content (AvgIpc) is 2.53. The maximum Gasteiger partial charge on any atom is 0.0831 e. The molecule has 70 valence electrons. The summed E-state index contributed by atoms with van der Waals surface area (Å²) >= 11 is 0. The Morgan fingerprint density at radius 3 is 2.42 bits per heavy atom. The molecule has 3 nitrogen and oxygen atoms in total. The van der Waals surface area contributed by atoms with Gasteiger partial charge in [-0.15, -0.1) is 0 Å². The first kappa shape index (κ1) is 8.48. The molecule has 0 aromatic heterocycles. The number of piperidine rings is 1. The van der Waals surface area contributed by atoms with Gasteiger partial charge in [-0.1, -0.05) is 6.42 Å². The van der Waals surface area contributed by atoms with Crippen LogP contribution < -0.4 is 5.32 Å². The van der Waals surface area contributed by atoms with Crippen molar-refractivity contribution in [3.05, 3.63) is 0 Å². The van der Waals surface area contributed by atoms with Crippen LogP contribution in [0, 0.1) is 0 Å². The number of β-amino-alcohol motifs (C(OH)–C–C–N with tert-alkyl or cyclic N) is 1. The van der Waals surface area contributed by atoms with E-state index in [1.165, 1.54) is 32.4 Å². The van der Waals surface area contributed by atoms with Crippen molar-refractivity contribution in [2.24, 2.45) is 0 Å². The third kappa shape index (κ3) is 1.63. The summed E-state index contributed by atoms with van der Waals surface area (Å²) in [5.74, 6) is 0. The van der Waals surface area contributed by atoms with Crippen molar-refractivity contribution in [2.45, 2.75) is 31.4 Å². The van der Waals surface area contributed by atoms with E-state index >= 15 is 0 Å². The Morgan fingerprint density at radius 1 is 1.08 bits per heavy atom. The topological polar surface area (TPSA) is 35.5 Å². The van der Waals surface area contributed by atoms with Gasteiger partial charge in [0.15, 0.2) is 0 Å². The van der Waals surface area contributed by atoms with Crippen LogP contribution in [0.25, 0.3) is 0 Å². The predicted molar refractivity (Wildman–Crippen MR) is 48.1 cm³/mol. The van der Waals surface area contributed by atoms with Gasteiger partial charge < -0.3 is 10.4 Å². The highest BCUT2D eigenvalue weighted by Crippen LogP contribution is 2.16. The summed E-state index contributed by atoms with van der Waals surface area (Å²) in [4.78, 5) is 2.44. The van der Waals surface area contributed by atoms with Gasteiger partial charge in [0, 0.05) is 19.1 Å². The summed E-state index contributed by atoms with van der Waals surface area (Å²) < 4.78 is 0. The second-order valence-corrected chi connectivity index (χ2v) is 3.89. The minimum Gasteiger partial charge on any atom is -0.390 e. The molecule has 2 rings (SSSR count). The zero-order valence-electron chi connectivity index (χ0n) is 7.50. The van der Waals surface area contributed by atoms with Gasteiger partial charge in [0.2, 0.25) is 0 Å². The number of aliphatic hydroxyl groups excluding tert-OH is 1. The Labute approximate surface area is 73.8 Å². The number of likely N-dealkylation sites (tertiary alicyclic amines) is 1. The van der Waals surface area contributed by atoms with E-state index in [1.54, 1.807) is 0 Å². The van der Waals surface area contributed by atoms with Crippen LogP contribution in [-0.4, -0.2) is 48.3 Å². The highest BCUT2D eigenvalue weighted by atomic mass is 16.3. The summed E-state index contributed by atoms with van der Waals surface area (Å²) in [6.45, 7) is 4.12. The van der Waals surface area contributed by atoms with Gasteiger partial charge in [-0.2, -0.15) is 0 Å². The van der Waals surface area contributed by atoms with Crippen molar-refractivity contribution in [1.29, 1.82) is 0 Å². The van der Waals surface area contributed by atoms with E-state index < -0.39 is 0 Å². The molecule has 2 fully saturated rings. The molecule has 0 bridgehead atoms. The number of rotatable bonds is 1. The minimum atomic E-state index is -0.136. The zero-order valence-corrected chi connectivity index (χ0v) is 7.50. The highest BCUT2D eigenvalue weighted by molar-refractivity contribution is 4.89. The molecule has 0 spiro atoms. The zero-order chi connectivity index (χ0) is 8.39. The van der Waals surface area contributed by atoms with Crippen molar-refractivity contribution < 1.29 is 5.11 Å². The van der Waals surface area contributed by atoms with E-state index in [9.17, 15) is 5.11 Å². The standard InChI is InChI=1S/C9H18N2O/c12-9-7-10-6-8(9)11-4-2-1-3-5-11/h8-10,12H,1-7H2/t8?,9-/m0/s1. The molecule has 2 heterocycles. The molecule has 2 saturated heterocycles. The number of hydrogen-bond acceptors (Lipinski definition) is 3. The van der Waals surface area contributed by atoms with Crippen molar-refractivity contribution in [2.75, 3.05) is 26.2 Å². The van der Waals surface area contributed by atoms with Crippen LogP contribution >= 0.6 is 0 Å². The van der Waals surface area contributed by atoms with E-state index in [0.717, 1.165) is 13.1 Å². The predicted octanol–water partition coefficient (Wildman–Crippen LogP) is -0.195. The molecular weight excluding hydrogens is 152 g/mol. The second kappa shape index (κ2) is 3.73. The molecule has 2 atom stereocenters. The number of nitrogens with zero attached hydrogens (tertiary/aromatic N) is 1. The third-order valence-corrected chi connectivity index (χ3v) is 3.01. The molecule has 0 saturated carbocycles. The van der Waals surface area contributed by atoms with Crippen molar-refractivity contribution in [3.8, 4) is 0 Å². The first-order chi connectivity index (χ1) is 5.88. The largest absolute Gasteiger partial charge is 0.390 e. The highest BCUT2D eigenvalue weighted by Gasteiger charge is 2.30. The Morgan fingerprint density at radius 2 is 1.83 bits per heavy atom. The van der Waals surface area contributed by atoms with Crippen LogP contribution in [0.15, 0.2) is 0 Å². The summed E-state index contributed by atoms with van der Waals surface area (Å²) in [6, 6.07) is 0.394. The quantitative estimate of drug-likeness (QED) is 0.572. The van der Waals surface area contributed by atoms with Crippen molar-refractivity contribution in [1.82, 2.24) is 10.2 Å². The number of nitrogens with one attached hydrogen (secondary N) is 1. The molecule has 0 radical (unpaired) electrons. The van der Waals surface area contributed by atoms with Crippen LogP contribution in [0.4, 0.5) is 0 Å². The second-order valence-electron chi connectivity index (χ2n) is 3.89. The molecule has 12 heavy (non-hydrogen) atoms. The fourth-order valence-electron chi connectivity index (χ4n) is 2.27. The van der Waals surface area contributed by atoms with Gasteiger partial charge in [-0.25, -0.2) is 0 Å². The maximum atomic E-state index is 9.64. The molecule has 3 heteroatoms. The lowest BCUT2D eigenvalue weighted by Crippen LogP contribution is -2.45. The molecule has 2 N–H and O–H groups in total. The van der Waals surface area contributed by atoms with E-state index in [0.29, 0.717) is 6.04 Å². The number of aliphatic hydroxyl groups is 1. The Kier molecular flexibility index (Phi) is 2.63. The molecule has 2 aliphatic rings. The van der Waals surface area contributed by atoms with E-state index in [-0.39, 0.29) is 6.10 Å². The van der Waals surface area contributed by atoms with Gasteiger partial charge in [-0.05, 0) is 25.9 Å². The van der Waals surface area contributed by atoms with E-state index in [2.05, 4.69) is 10.2 Å². The maximum absolute atomic E-state index is 9.64. The van der Waals surface area contributed by atoms with Gasteiger partial charge in [-0.3, -0.25) is 4.90 Å². The fourth-order valence-corrected chi connectivity index (χ4v) is 2.27. The van der Waals surface area contributed by atoms with Gasteiger partial charge in [0.1, 0.15) is 0 Å². The third-order valence-electron chi connectivity index (χ3n) is 3.01. The summed E-state index contributed by atoms with van der Waals surface area (Å²) in [5.41, 5.74) is 0. The van der Waals surface area contributed by atoms with Gasteiger partial charge in [0.25, 0.3) is 0 Å². The molecule has 0 aliphatic carbocycles. The fraction of sp³-hybridized carbons (Fsp3) is 1.00.